The maximum absolute atomic E-state index is 5.43. The molecule has 0 saturated heterocycles. The fourth-order valence-corrected chi connectivity index (χ4v) is 2.22. The van der Waals surface area contributed by atoms with Crippen LogP contribution in [-0.4, -0.2) is 19.7 Å². The molecule has 0 bridgehead atoms. The summed E-state index contributed by atoms with van der Waals surface area (Å²) >= 11 is 0. The van der Waals surface area contributed by atoms with Crippen molar-refractivity contribution in [1.29, 1.82) is 0 Å². The van der Waals surface area contributed by atoms with Crippen molar-refractivity contribution in [3.8, 4) is 5.69 Å². The Morgan fingerprint density at radius 3 is 2.53 bits per heavy atom. The van der Waals surface area contributed by atoms with Crippen LogP contribution in [0.15, 0.2) is 30.7 Å². The van der Waals surface area contributed by atoms with E-state index < -0.39 is 0 Å². The number of nitrogens with one attached hydrogen (secondary N) is 1. The smallest absolute Gasteiger partial charge is 0.168 e. The van der Waals surface area contributed by atoms with Crippen LogP contribution in [-0.2, 0) is 0 Å². The first kappa shape index (κ1) is 11.6. The molecule has 6 nitrogen and oxygen atoms in total. The molecule has 96 valence electrons. The third-order valence-electron chi connectivity index (χ3n) is 2.95. The number of aryl methyl sites for hydroxylation is 2. The van der Waals surface area contributed by atoms with Gasteiger partial charge in [0.2, 0.25) is 0 Å². The zero-order valence-corrected chi connectivity index (χ0v) is 10.8. The largest absolute Gasteiger partial charge is 0.308 e. The van der Waals surface area contributed by atoms with Gasteiger partial charge < -0.3 is 5.43 Å². The van der Waals surface area contributed by atoms with E-state index >= 15 is 0 Å². The van der Waals surface area contributed by atoms with E-state index in [0.29, 0.717) is 5.82 Å². The van der Waals surface area contributed by atoms with Crippen LogP contribution in [0.2, 0.25) is 0 Å². The molecule has 6 heteroatoms. The summed E-state index contributed by atoms with van der Waals surface area (Å²) in [5.74, 6) is 6.00. The number of fused-ring (bicyclic) bond motifs is 1. The first-order valence-corrected chi connectivity index (χ1v) is 5.93. The molecule has 1 aromatic carbocycles. The van der Waals surface area contributed by atoms with Crippen molar-refractivity contribution in [2.24, 2.45) is 5.84 Å². The minimum atomic E-state index is 0.570. The maximum atomic E-state index is 5.43. The predicted molar refractivity (Wildman–Crippen MR) is 73.9 cm³/mol. The first-order valence-electron chi connectivity index (χ1n) is 5.93. The molecule has 19 heavy (non-hydrogen) atoms. The number of nitrogens with two attached hydrogens (primary N) is 1. The van der Waals surface area contributed by atoms with E-state index in [9.17, 15) is 0 Å². The summed E-state index contributed by atoms with van der Waals surface area (Å²) in [6, 6.07) is 6.26. The topological polar surface area (TPSA) is 81.7 Å². The molecule has 0 aliphatic carbocycles. The second-order valence-electron chi connectivity index (χ2n) is 4.51. The number of hydrogen-bond acceptors (Lipinski definition) is 5. The number of aromatic nitrogens is 4. The van der Waals surface area contributed by atoms with Gasteiger partial charge in [0.25, 0.3) is 0 Å². The summed E-state index contributed by atoms with van der Waals surface area (Å²) in [6.07, 6.45) is 3.18. The number of benzene rings is 1. The van der Waals surface area contributed by atoms with Crippen LogP contribution in [0.4, 0.5) is 5.82 Å². The van der Waals surface area contributed by atoms with Crippen LogP contribution in [0.1, 0.15) is 11.1 Å². The number of rotatable bonds is 2. The van der Waals surface area contributed by atoms with Gasteiger partial charge in [0.1, 0.15) is 6.33 Å². The van der Waals surface area contributed by atoms with Gasteiger partial charge in [-0.3, -0.25) is 0 Å². The Hall–Kier alpha value is -2.47. The molecule has 0 saturated carbocycles. The third-order valence-corrected chi connectivity index (χ3v) is 2.95. The summed E-state index contributed by atoms with van der Waals surface area (Å²) in [7, 11) is 0. The van der Waals surface area contributed by atoms with E-state index in [1.165, 1.54) is 17.5 Å². The molecule has 2 aromatic heterocycles. The molecule has 3 aromatic rings. The third kappa shape index (κ3) is 1.92. The van der Waals surface area contributed by atoms with E-state index in [2.05, 4.69) is 52.5 Å². The standard InChI is InChI=1S/C13H14N6/c1-8-3-9(2)5-10(4-8)19-13-11(6-17-19)12(18-14)15-7-16-13/h3-7H,14H2,1-2H3,(H,15,16,18). The highest BCUT2D eigenvalue weighted by Crippen LogP contribution is 2.21. The highest BCUT2D eigenvalue weighted by molar-refractivity contribution is 5.86. The van der Waals surface area contributed by atoms with E-state index in [0.717, 1.165) is 16.7 Å². The molecule has 3 N–H and O–H groups in total. The van der Waals surface area contributed by atoms with Crippen molar-refractivity contribution in [3.05, 3.63) is 41.9 Å². The van der Waals surface area contributed by atoms with Gasteiger partial charge in [0.05, 0.1) is 17.3 Å². The predicted octanol–water partition coefficient (Wildman–Crippen LogP) is 1.72. The van der Waals surface area contributed by atoms with Crippen molar-refractivity contribution >= 4 is 16.9 Å². The minimum absolute atomic E-state index is 0.570. The molecular weight excluding hydrogens is 240 g/mol. The van der Waals surface area contributed by atoms with Crippen LogP contribution in [0.3, 0.4) is 0 Å². The van der Waals surface area contributed by atoms with Gasteiger partial charge in [-0.2, -0.15) is 5.10 Å². The highest BCUT2D eigenvalue weighted by atomic mass is 15.3. The van der Waals surface area contributed by atoms with Crippen molar-refractivity contribution in [2.45, 2.75) is 13.8 Å². The van der Waals surface area contributed by atoms with E-state index in [1.54, 1.807) is 10.9 Å². The Bertz CT molecular complexity index is 726. The summed E-state index contributed by atoms with van der Waals surface area (Å²) in [5.41, 5.74) is 6.63. The minimum Gasteiger partial charge on any atom is -0.308 e. The molecule has 0 aliphatic rings. The quantitative estimate of drug-likeness (QED) is 0.537. The molecule has 0 fully saturated rings. The molecule has 0 atom stereocenters. The number of nitrogen functional groups attached to an aromatic ring is 1. The zero-order chi connectivity index (χ0) is 13.4. The number of hydrogen-bond donors (Lipinski definition) is 2. The fourth-order valence-electron chi connectivity index (χ4n) is 2.22. The Morgan fingerprint density at radius 2 is 1.84 bits per heavy atom. The van der Waals surface area contributed by atoms with Crippen LogP contribution in [0.5, 0.6) is 0 Å². The Kier molecular flexibility index (Phi) is 2.64. The van der Waals surface area contributed by atoms with E-state index in [1.807, 2.05) is 0 Å². The van der Waals surface area contributed by atoms with Crippen LogP contribution < -0.4 is 11.3 Å². The van der Waals surface area contributed by atoms with Gasteiger partial charge in [-0.05, 0) is 37.1 Å². The van der Waals surface area contributed by atoms with Gasteiger partial charge in [-0.15, -0.1) is 0 Å². The molecule has 0 unspecified atom stereocenters. The SMILES string of the molecule is Cc1cc(C)cc(-n2ncc3c(NN)ncnc32)c1. The summed E-state index contributed by atoms with van der Waals surface area (Å²) in [5, 5.41) is 5.17. The lowest BCUT2D eigenvalue weighted by Crippen LogP contribution is -2.09. The van der Waals surface area contributed by atoms with Crippen LogP contribution in [0, 0.1) is 13.8 Å². The second kappa shape index (κ2) is 4.33. The van der Waals surface area contributed by atoms with Gasteiger partial charge in [-0.1, -0.05) is 6.07 Å². The van der Waals surface area contributed by atoms with Crippen molar-refractivity contribution < 1.29 is 0 Å². The average Bonchev–Trinajstić information content (AvgIpc) is 2.81. The lowest BCUT2D eigenvalue weighted by Gasteiger charge is -2.06. The van der Waals surface area contributed by atoms with Crippen LogP contribution in [0.25, 0.3) is 16.7 Å². The van der Waals surface area contributed by atoms with Crippen molar-refractivity contribution in [3.63, 3.8) is 0 Å². The van der Waals surface area contributed by atoms with Gasteiger partial charge in [0, 0.05) is 0 Å². The van der Waals surface area contributed by atoms with E-state index in [-0.39, 0.29) is 0 Å². The maximum Gasteiger partial charge on any atom is 0.168 e. The lowest BCUT2D eigenvalue weighted by atomic mass is 10.1. The molecule has 2 heterocycles. The number of nitrogens with zero attached hydrogens (tertiary/aromatic N) is 4. The van der Waals surface area contributed by atoms with Gasteiger partial charge >= 0.3 is 0 Å². The zero-order valence-electron chi connectivity index (χ0n) is 10.8. The van der Waals surface area contributed by atoms with Crippen LogP contribution >= 0.6 is 0 Å². The normalized spacial score (nSPS) is 10.9. The molecule has 0 spiro atoms. The monoisotopic (exact) mass is 254 g/mol. The van der Waals surface area contributed by atoms with E-state index in [4.69, 9.17) is 5.84 Å². The molecular formula is C13H14N6. The highest BCUT2D eigenvalue weighted by Gasteiger charge is 2.10. The molecule has 0 amide bonds. The second-order valence-corrected chi connectivity index (χ2v) is 4.51. The summed E-state index contributed by atoms with van der Waals surface area (Å²) < 4.78 is 1.79. The Balaban J connectivity index is 2.26. The first-order chi connectivity index (χ1) is 9.19. The van der Waals surface area contributed by atoms with Gasteiger partial charge in [-0.25, -0.2) is 20.5 Å². The summed E-state index contributed by atoms with van der Waals surface area (Å²) in [6.45, 7) is 4.12. The average molecular weight is 254 g/mol. The Morgan fingerprint density at radius 1 is 1.11 bits per heavy atom. The Labute approximate surface area is 110 Å². The molecule has 0 aliphatic heterocycles. The number of anilines is 1. The lowest BCUT2D eigenvalue weighted by molar-refractivity contribution is 0.892. The van der Waals surface area contributed by atoms with Crippen molar-refractivity contribution in [1.82, 2.24) is 19.7 Å². The fraction of sp³-hybridized carbons (Fsp3) is 0.154. The van der Waals surface area contributed by atoms with Gasteiger partial charge in [0.15, 0.2) is 11.5 Å². The van der Waals surface area contributed by atoms with Crippen molar-refractivity contribution in [2.75, 3.05) is 5.43 Å². The number of hydrazine groups is 1. The summed E-state index contributed by atoms with van der Waals surface area (Å²) in [4.78, 5) is 8.35. The molecule has 3 rings (SSSR count). The molecule has 0 radical (unpaired) electrons.